The highest BCUT2D eigenvalue weighted by atomic mass is 16.1. The van der Waals surface area contributed by atoms with Crippen LogP contribution in [0, 0.1) is 13.8 Å². The van der Waals surface area contributed by atoms with Crippen LogP contribution >= 0.6 is 0 Å². The van der Waals surface area contributed by atoms with Gasteiger partial charge in [-0.25, -0.2) is 4.98 Å². The van der Waals surface area contributed by atoms with E-state index in [0.29, 0.717) is 23.3 Å². The average molecular weight is 330 g/mol. The fourth-order valence-electron chi connectivity index (χ4n) is 3.51. The summed E-state index contributed by atoms with van der Waals surface area (Å²) >= 11 is 0. The maximum atomic E-state index is 13.3. The molecule has 4 heteroatoms. The molecule has 0 unspecified atom stereocenters. The van der Waals surface area contributed by atoms with Gasteiger partial charge in [-0.3, -0.25) is 9.59 Å². The van der Waals surface area contributed by atoms with Crippen molar-refractivity contribution in [3.05, 3.63) is 75.9 Å². The van der Waals surface area contributed by atoms with Crippen molar-refractivity contribution in [3.8, 4) is 11.1 Å². The lowest BCUT2D eigenvalue weighted by Gasteiger charge is -2.27. The molecule has 2 aliphatic rings. The van der Waals surface area contributed by atoms with E-state index in [1.54, 1.807) is 6.20 Å². The lowest BCUT2D eigenvalue weighted by atomic mass is 9.80. The fourth-order valence-corrected chi connectivity index (χ4v) is 3.51. The number of Topliss-reactive ketones (excluding diaryl/α,β-unsaturated/α-hetero) is 2. The first-order valence-electron chi connectivity index (χ1n) is 8.30. The highest BCUT2D eigenvalue weighted by molar-refractivity contribution is 6.28. The normalized spacial score (nSPS) is 16.2. The van der Waals surface area contributed by atoms with E-state index in [9.17, 15) is 9.59 Å². The predicted molar refractivity (Wildman–Crippen MR) is 96.3 cm³/mol. The molecule has 0 fully saturated rings. The number of aryl methyl sites for hydroxylation is 1. The monoisotopic (exact) mass is 330 g/mol. The molecule has 0 spiro atoms. The minimum atomic E-state index is -0.200. The van der Waals surface area contributed by atoms with Crippen molar-refractivity contribution in [2.45, 2.75) is 27.2 Å². The Hall–Kier alpha value is -3.01. The molecule has 0 atom stereocenters. The van der Waals surface area contributed by atoms with Crippen LogP contribution in [0.1, 0.15) is 45.4 Å². The maximum Gasteiger partial charge on any atom is 0.228 e. The molecule has 4 nitrogen and oxygen atoms in total. The van der Waals surface area contributed by atoms with Gasteiger partial charge in [0.25, 0.3) is 0 Å². The summed E-state index contributed by atoms with van der Waals surface area (Å²) in [5.74, 6) is -0.298. The second-order valence-corrected chi connectivity index (χ2v) is 6.61. The van der Waals surface area contributed by atoms with E-state index in [-0.39, 0.29) is 17.3 Å². The molecule has 2 aromatic rings. The summed E-state index contributed by atoms with van der Waals surface area (Å²) in [6.45, 7) is 5.78. The Morgan fingerprint density at radius 3 is 2.40 bits per heavy atom. The first-order valence-corrected chi connectivity index (χ1v) is 8.30. The van der Waals surface area contributed by atoms with Crippen LogP contribution in [-0.2, 0) is 0 Å². The first-order chi connectivity index (χ1) is 12.0. The number of nitrogens with one attached hydrogen (secondary N) is 1. The average Bonchev–Trinajstić information content (AvgIpc) is 2.62. The SMILES string of the molecule is CC1=CNC2=C(C1)C(=O)c1c(nc(C)c(C)c1-c1ccccc1)C2=O. The summed E-state index contributed by atoms with van der Waals surface area (Å²) in [6, 6.07) is 9.74. The lowest BCUT2D eigenvalue weighted by Crippen LogP contribution is -2.32. The van der Waals surface area contributed by atoms with Crippen molar-refractivity contribution in [1.82, 2.24) is 10.3 Å². The molecular formula is C21H18N2O2. The van der Waals surface area contributed by atoms with Crippen LogP contribution in [0.2, 0.25) is 0 Å². The second kappa shape index (κ2) is 5.52. The van der Waals surface area contributed by atoms with Crippen LogP contribution in [0.15, 0.2) is 53.4 Å². The Morgan fingerprint density at radius 1 is 0.960 bits per heavy atom. The number of aromatic nitrogens is 1. The van der Waals surface area contributed by atoms with Gasteiger partial charge in [0.05, 0.1) is 11.3 Å². The van der Waals surface area contributed by atoms with Gasteiger partial charge in [0.1, 0.15) is 5.69 Å². The predicted octanol–water partition coefficient (Wildman–Crippen LogP) is 3.90. The van der Waals surface area contributed by atoms with Crippen LogP contribution in [0.3, 0.4) is 0 Å². The van der Waals surface area contributed by atoms with E-state index in [2.05, 4.69) is 10.3 Å². The Bertz CT molecular complexity index is 998. The van der Waals surface area contributed by atoms with Crippen molar-refractivity contribution in [3.63, 3.8) is 0 Å². The van der Waals surface area contributed by atoms with Crippen molar-refractivity contribution < 1.29 is 9.59 Å². The van der Waals surface area contributed by atoms with Gasteiger partial charge in [-0.05, 0) is 37.5 Å². The highest BCUT2D eigenvalue weighted by Crippen LogP contribution is 2.38. The molecule has 0 radical (unpaired) electrons. The number of nitrogens with zero attached hydrogens (tertiary/aromatic N) is 1. The molecule has 25 heavy (non-hydrogen) atoms. The van der Waals surface area contributed by atoms with E-state index in [0.717, 1.165) is 28.0 Å². The van der Waals surface area contributed by atoms with E-state index in [1.165, 1.54) is 0 Å². The molecule has 4 rings (SSSR count). The van der Waals surface area contributed by atoms with Gasteiger partial charge in [-0.15, -0.1) is 0 Å². The number of carbonyl (C=O) groups is 2. The maximum absolute atomic E-state index is 13.3. The smallest absolute Gasteiger partial charge is 0.228 e. The highest BCUT2D eigenvalue weighted by Gasteiger charge is 2.37. The largest absolute Gasteiger partial charge is 0.358 e. The zero-order valence-electron chi connectivity index (χ0n) is 14.4. The van der Waals surface area contributed by atoms with Crippen LogP contribution < -0.4 is 5.32 Å². The number of hydrogen-bond donors (Lipinski definition) is 1. The number of allylic oxidation sites excluding steroid dienone is 3. The minimum absolute atomic E-state index is 0.0981. The second-order valence-electron chi connectivity index (χ2n) is 6.61. The zero-order chi connectivity index (χ0) is 17.7. The van der Waals surface area contributed by atoms with Crippen molar-refractivity contribution in [1.29, 1.82) is 0 Å². The number of dihydropyridines is 1. The van der Waals surface area contributed by atoms with Gasteiger partial charge in [0.15, 0.2) is 5.78 Å². The molecule has 1 aromatic heterocycles. The minimum Gasteiger partial charge on any atom is -0.358 e. The molecule has 0 saturated carbocycles. The van der Waals surface area contributed by atoms with Crippen LogP contribution in [0.25, 0.3) is 11.1 Å². The Kier molecular flexibility index (Phi) is 3.42. The van der Waals surface area contributed by atoms with Gasteiger partial charge in [0, 0.05) is 23.9 Å². The molecule has 0 saturated heterocycles. The van der Waals surface area contributed by atoms with E-state index < -0.39 is 0 Å². The summed E-state index contributed by atoms with van der Waals surface area (Å²) in [6.07, 6.45) is 2.28. The number of hydrogen-bond acceptors (Lipinski definition) is 4. The number of benzene rings is 1. The topological polar surface area (TPSA) is 59.1 Å². The summed E-state index contributed by atoms with van der Waals surface area (Å²) in [7, 11) is 0. The van der Waals surface area contributed by atoms with E-state index in [1.807, 2.05) is 51.1 Å². The quantitative estimate of drug-likeness (QED) is 0.861. The summed E-state index contributed by atoms with van der Waals surface area (Å²) in [5, 5.41) is 2.99. The lowest BCUT2D eigenvalue weighted by molar-refractivity contribution is 0.0963. The number of ketones is 2. The van der Waals surface area contributed by atoms with Crippen molar-refractivity contribution in [2.75, 3.05) is 0 Å². The molecule has 1 aliphatic carbocycles. The van der Waals surface area contributed by atoms with E-state index in [4.69, 9.17) is 0 Å². The standard InChI is InChI=1S/C21H18N2O2/c1-11-9-15-18(22-10-11)21(25)19-17(20(15)24)16(12(2)13(3)23-19)14-7-5-4-6-8-14/h4-8,10,22H,9H2,1-3H3. The number of pyridine rings is 1. The third kappa shape index (κ3) is 2.25. The third-order valence-corrected chi connectivity index (χ3v) is 4.91. The molecule has 124 valence electrons. The van der Waals surface area contributed by atoms with Gasteiger partial charge in [0.2, 0.25) is 5.78 Å². The van der Waals surface area contributed by atoms with Gasteiger partial charge >= 0.3 is 0 Å². The Labute approximate surface area is 146 Å². The van der Waals surface area contributed by atoms with Crippen LogP contribution in [0.4, 0.5) is 0 Å². The molecule has 0 bridgehead atoms. The Balaban J connectivity index is 2.02. The van der Waals surface area contributed by atoms with Gasteiger partial charge in [-0.2, -0.15) is 0 Å². The zero-order valence-corrected chi connectivity index (χ0v) is 14.4. The van der Waals surface area contributed by atoms with Gasteiger partial charge < -0.3 is 5.32 Å². The number of carbonyl (C=O) groups excluding carboxylic acids is 2. The van der Waals surface area contributed by atoms with Crippen LogP contribution in [0.5, 0.6) is 0 Å². The summed E-state index contributed by atoms with van der Waals surface area (Å²) in [4.78, 5) is 30.7. The first kappa shape index (κ1) is 15.5. The summed E-state index contributed by atoms with van der Waals surface area (Å²) < 4.78 is 0. The van der Waals surface area contributed by atoms with Crippen molar-refractivity contribution in [2.24, 2.45) is 0 Å². The molecule has 0 amide bonds. The fraction of sp³-hybridized carbons (Fsp3) is 0.190. The number of fused-ring (bicyclic) bond motifs is 1. The molecule has 2 heterocycles. The van der Waals surface area contributed by atoms with Crippen molar-refractivity contribution >= 4 is 11.6 Å². The molecular weight excluding hydrogens is 312 g/mol. The molecule has 1 N–H and O–H groups in total. The van der Waals surface area contributed by atoms with E-state index >= 15 is 0 Å². The number of rotatable bonds is 1. The summed E-state index contributed by atoms with van der Waals surface area (Å²) in [5.41, 5.74) is 6.10. The third-order valence-electron chi connectivity index (χ3n) is 4.91. The molecule has 1 aliphatic heterocycles. The molecule has 1 aromatic carbocycles. The van der Waals surface area contributed by atoms with Crippen LogP contribution in [-0.4, -0.2) is 16.6 Å². The van der Waals surface area contributed by atoms with Gasteiger partial charge in [-0.1, -0.05) is 35.9 Å². The Morgan fingerprint density at radius 2 is 1.68 bits per heavy atom.